The molecule has 0 aromatic heterocycles. The van der Waals surface area contributed by atoms with Crippen molar-refractivity contribution in [3.05, 3.63) is 64.7 Å². The van der Waals surface area contributed by atoms with Crippen LogP contribution in [-0.4, -0.2) is 18.7 Å². The van der Waals surface area contributed by atoms with Crippen molar-refractivity contribution in [3.63, 3.8) is 0 Å². The molecule has 4 heteroatoms. The number of hydrogen-bond donors (Lipinski definition) is 1. The van der Waals surface area contributed by atoms with E-state index < -0.39 is 0 Å². The largest absolute Gasteiger partial charge is 0.497 e. The Hall–Kier alpha value is -2.62. The van der Waals surface area contributed by atoms with E-state index in [0.717, 1.165) is 28.2 Å². The third kappa shape index (κ3) is 3.73. The number of carbonyl (C=O) groups excluding carboxylic acids is 1. The predicted molar refractivity (Wildman–Crippen MR) is 88.6 cm³/mol. The van der Waals surface area contributed by atoms with Crippen LogP contribution in [0, 0.1) is 13.8 Å². The fourth-order valence-electron chi connectivity index (χ4n) is 1.98. The SMILES string of the molecule is COc1ccc(/C(C)=N/NC(=O)c2ccc(C)c(C)c2)cc1. The fourth-order valence-corrected chi connectivity index (χ4v) is 1.98. The lowest BCUT2D eigenvalue weighted by Crippen LogP contribution is -2.19. The Morgan fingerprint density at radius 3 is 2.23 bits per heavy atom. The monoisotopic (exact) mass is 296 g/mol. The van der Waals surface area contributed by atoms with Gasteiger partial charge in [-0.15, -0.1) is 0 Å². The minimum atomic E-state index is -0.212. The van der Waals surface area contributed by atoms with Crippen molar-refractivity contribution in [1.82, 2.24) is 5.43 Å². The third-order valence-electron chi connectivity index (χ3n) is 3.60. The molecule has 1 N–H and O–H groups in total. The number of nitrogens with zero attached hydrogens (tertiary/aromatic N) is 1. The molecule has 0 unspecified atom stereocenters. The number of amides is 1. The Balaban J connectivity index is 2.08. The molecule has 0 bridgehead atoms. The summed E-state index contributed by atoms with van der Waals surface area (Å²) in [5, 5.41) is 4.15. The second-order valence-corrected chi connectivity index (χ2v) is 5.17. The molecule has 4 nitrogen and oxygen atoms in total. The number of benzene rings is 2. The third-order valence-corrected chi connectivity index (χ3v) is 3.60. The molecule has 1 amide bonds. The van der Waals surface area contributed by atoms with Crippen LogP contribution >= 0.6 is 0 Å². The fraction of sp³-hybridized carbons (Fsp3) is 0.222. The molecule has 22 heavy (non-hydrogen) atoms. The van der Waals surface area contributed by atoms with Crippen molar-refractivity contribution in [3.8, 4) is 5.75 Å². The maximum atomic E-state index is 12.1. The van der Waals surface area contributed by atoms with Gasteiger partial charge in [0.15, 0.2) is 0 Å². The molecule has 0 radical (unpaired) electrons. The normalized spacial score (nSPS) is 11.2. The van der Waals surface area contributed by atoms with Crippen LogP contribution < -0.4 is 10.2 Å². The van der Waals surface area contributed by atoms with Crippen molar-refractivity contribution in [2.45, 2.75) is 20.8 Å². The van der Waals surface area contributed by atoms with Gasteiger partial charge in [0.05, 0.1) is 12.8 Å². The van der Waals surface area contributed by atoms with E-state index >= 15 is 0 Å². The van der Waals surface area contributed by atoms with Crippen LogP contribution in [0.5, 0.6) is 5.75 Å². The first-order valence-corrected chi connectivity index (χ1v) is 7.07. The highest BCUT2D eigenvalue weighted by Crippen LogP contribution is 2.12. The van der Waals surface area contributed by atoms with Crippen LogP contribution in [-0.2, 0) is 0 Å². The van der Waals surface area contributed by atoms with Crippen molar-refractivity contribution in [2.75, 3.05) is 7.11 Å². The van der Waals surface area contributed by atoms with E-state index in [1.54, 1.807) is 13.2 Å². The summed E-state index contributed by atoms with van der Waals surface area (Å²) in [6.07, 6.45) is 0. The second-order valence-electron chi connectivity index (χ2n) is 5.17. The summed E-state index contributed by atoms with van der Waals surface area (Å²) in [7, 11) is 1.62. The molecule has 114 valence electrons. The summed E-state index contributed by atoms with van der Waals surface area (Å²) in [6, 6.07) is 13.1. The number of rotatable bonds is 4. The lowest BCUT2D eigenvalue weighted by atomic mass is 10.1. The van der Waals surface area contributed by atoms with E-state index in [1.807, 2.05) is 57.2 Å². The Morgan fingerprint density at radius 1 is 1.00 bits per heavy atom. The zero-order valence-corrected chi connectivity index (χ0v) is 13.3. The molecule has 0 aliphatic rings. The zero-order valence-electron chi connectivity index (χ0n) is 13.3. The van der Waals surface area contributed by atoms with E-state index in [4.69, 9.17) is 4.74 Å². The molecule has 0 spiro atoms. The zero-order chi connectivity index (χ0) is 16.1. The summed E-state index contributed by atoms with van der Waals surface area (Å²) >= 11 is 0. The average Bonchev–Trinajstić information content (AvgIpc) is 2.54. The minimum absolute atomic E-state index is 0.212. The molecule has 0 fully saturated rings. The van der Waals surface area contributed by atoms with Gasteiger partial charge >= 0.3 is 0 Å². The van der Waals surface area contributed by atoms with Crippen LogP contribution in [0.25, 0.3) is 0 Å². The molecule has 0 aliphatic heterocycles. The van der Waals surface area contributed by atoms with Crippen LogP contribution in [0.3, 0.4) is 0 Å². The Bertz CT molecular complexity index is 704. The summed E-state index contributed by atoms with van der Waals surface area (Å²) in [5.41, 5.74) is 7.11. The summed E-state index contributed by atoms with van der Waals surface area (Å²) in [5.74, 6) is 0.576. The Labute approximate surface area is 130 Å². The molecular weight excluding hydrogens is 276 g/mol. The first kappa shape index (κ1) is 15.8. The van der Waals surface area contributed by atoms with Gasteiger partial charge in [0.25, 0.3) is 5.91 Å². The van der Waals surface area contributed by atoms with Gasteiger partial charge < -0.3 is 4.74 Å². The predicted octanol–water partition coefficient (Wildman–Crippen LogP) is 3.47. The number of carbonyl (C=O) groups is 1. The van der Waals surface area contributed by atoms with E-state index in [0.29, 0.717) is 5.56 Å². The molecule has 0 heterocycles. The van der Waals surface area contributed by atoms with Gasteiger partial charge in [-0.1, -0.05) is 6.07 Å². The molecule has 0 aliphatic carbocycles. The van der Waals surface area contributed by atoms with Crippen molar-refractivity contribution in [1.29, 1.82) is 0 Å². The highest BCUT2D eigenvalue weighted by molar-refractivity contribution is 6.01. The maximum absolute atomic E-state index is 12.1. The summed E-state index contributed by atoms with van der Waals surface area (Å²) in [6.45, 7) is 5.85. The van der Waals surface area contributed by atoms with Gasteiger partial charge in [-0.3, -0.25) is 4.79 Å². The van der Waals surface area contributed by atoms with E-state index in [1.165, 1.54) is 0 Å². The van der Waals surface area contributed by atoms with Crippen LogP contribution in [0.1, 0.15) is 34.0 Å². The van der Waals surface area contributed by atoms with Gasteiger partial charge in [0, 0.05) is 5.56 Å². The molecule has 0 atom stereocenters. The standard InChI is InChI=1S/C18H20N2O2/c1-12-5-6-16(11-13(12)2)18(21)20-19-14(3)15-7-9-17(22-4)10-8-15/h5-11H,1-4H3,(H,20,21)/b19-14+. The Kier molecular flexibility index (Phi) is 4.94. The highest BCUT2D eigenvalue weighted by Gasteiger charge is 2.06. The smallest absolute Gasteiger partial charge is 0.271 e. The van der Waals surface area contributed by atoms with Gasteiger partial charge in [-0.25, -0.2) is 5.43 Å². The quantitative estimate of drug-likeness (QED) is 0.694. The average molecular weight is 296 g/mol. The number of methoxy groups -OCH3 is 1. The first-order valence-electron chi connectivity index (χ1n) is 7.07. The number of aryl methyl sites for hydroxylation is 2. The van der Waals surface area contributed by atoms with Gasteiger partial charge in [0.1, 0.15) is 5.75 Å². The maximum Gasteiger partial charge on any atom is 0.271 e. The molecule has 0 saturated carbocycles. The van der Waals surface area contributed by atoms with Crippen LogP contribution in [0.4, 0.5) is 0 Å². The van der Waals surface area contributed by atoms with Crippen molar-refractivity contribution in [2.24, 2.45) is 5.10 Å². The number of hydrazone groups is 1. The van der Waals surface area contributed by atoms with E-state index in [9.17, 15) is 4.79 Å². The summed E-state index contributed by atoms with van der Waals surface area (Å²) < 4.78 is 5.12. The van der Waals surface area contributed by atoms with E-state index in [-0.39, 0.29) is 5.91 Å². The molecule has 2 aromatic carbocycles. The molecule has 2 aromatic rings. The lowest BCUT2D eigenvalue weighted by molar-refractivity contribution is 0.0954. The first-order chi connectivity index (χ1) is 10.5. The summed E-state index contributed by atoms with van der Waals surface area (Å²) in [4.78, 5) is 12.1. The van der Waals surface area contributed by atoms with Crippen molar-refractivity contribution >= 4 is 11.6 Å². The highest BCUT2D eigenvalue weighted by atomic mass is 16.5. The Morgan fingerprint density at radius 2 is 1.64 bits per heavy atom. The molecule has 0 saturated heterocycles. The van der Waals surface area contributed by atoms with Crippen LogP contribution in [0.2, 0.25) is 0 Å². The number of nitrogens with one attached hydrogen (secondary N) is 1. The van der Waals surface area contributed by atoms with Gasteiger partial charge in [-0.2, -0.15) is 5.10 Å². The van der Waals surface area contributed by atoms with Gasteiger partial charge in [-0.05, 0) is 73.9 Å². The topological polar surface area (TPSA) is 50.7 Å². The number of hydrogen-bond acceptors (Lipinski definition) is 3. The van der Waals surface area contributed by atoms with Gasteiger partial charge in [0.2, 0.25) is 0 Å². The molecular formula is C18H20N2O2. The van der Waals surface area contributed by atoms with E-state index in [2.05, 4.69) is 10.5 Å². The second kappa shape index (κ2) is 6.89. The minimum Gasteiger partial charge on any atom is -0.497 e. The molecule has 2 rings (SSSR count). The number of ether oxygens (including phenoxy) is 1. The van der Waals surface area contributed by atoms with Crippen molar-refractivity contribution < 1.29 is 9.53 Å². The lowest BCUT2D eigenvalue weighted by Gasteiger charge is -2.06. The van der Waals surface area contributed by atoms with Crippen LogP contribution in [0.15, 0.2) is 47.6 Å².